The van der Waals surface area contributed by atoms with Crippen molar-refractivity contribution in [2.75, 3.05) is 0 Å². The molecule has 0 aliphatic heterocycles. The number of rotatable bonds is 4. The average Bonchev–Trinajstić information content (AvgIpc) is 2.40. The summed E-state index contributed by atoms with van der Waals surface area (Å²) in [5.41, 5.74) is 1.62. The lowest BCUT2D eigenvalue weighted by Gasteiger charge is -2.09. The maximum absolute atomic E-state index is 12.0. The molecule has 2 aromatic rings. The first-order valence-electron chi connectivity index (χ1n) is 5.99. The van der Waals surface area contributed by atoms with E-state index in [1.165, 1.54) is 0 Å². The summed E-state index contributed by atoms with van der Waals surface area (Å²) in [6, 6.07) is 7.21. The van der Waals surface area contributed by atoms with Crippen LogP contribution >= 0.6 is 22.6 Å². The molecule has 1 N–H and O–H groups in total. The molecular weight excluding hydrogens is 371 g/mol. The van der Waals surface area contributed by atoms with E-state index in [2.05, 4.69) is 4.98 Å². The van der Waals surface area contributed by atoms with Crippen molar-refractivity contribution in [1.82, 2.24) is 9.55 Å². The van der Waals surface area contributed by atoms with Crippen LogP contribution in [0.1, 0.15) is 17.0 Å². The van der Waals surface area contributed by atoms with E-state index in [4.69, 9.17) is 5.11 Å². The summed E-state index contributed by atoms with van der Waals surface area (Å²) in [6.07, 6.45) is 1.56. The number of hydrogen-bond acceptors (Lipinski definition) is 3. The van der Waals surface area contributed by atoms with Crippen molar-refractivity contribution in [3.8, 4) is 0 Å². The van der Waals surface area contributed by atoms with Gasteiger partial charge in [-0.25, -0.2) is 4.98 Å². The van der Waals surface area contributed by atoms with E-state index in [1.807, 2.05) is 34.7 Å². The van der Waals surface area contributed by atoms with E-state index in [9.17, 15) is 9.59 Å². The van der Waals surface area contributed by atoms with Crippen LogP contribution in [0.4, 0.5) is 0 Å². The Morgan fingerprint density at radius 2 is 1.90 bits per heavy atom. The largest absolute Gasteiger partial charge is 0.481 e. The molecule has 5 nitrogen and oxygen atoms in total. The minimum Gasteiger partial charge on any atom is -0.481 e. The third kappa shape index (κ3) is 3.44. The summed E-state index contributed by atoms with van der Waals surface area (Å²) >= 11 is 1.97. The van der Waals surface area contributed by atoms with Gasteiger partial charge in [0.2, 0.25) is 0 Å². The molecule has 1 aromatic heterocycles. The van der Waals surface area contributed by atoms with E-state index in [0.29, 0.717) is 15.9 Å². The monoisotopic (exact) mass is 384 g/mol. The first-order chi connectivity index (χ1) is 9.47. The molecule has 0 saturated carbocycles. The molecular formula is C14H13IN2O3. The second-order valence-electron chi connectivity index (χ2n) is 4.43. The minimum absolute atomic E-state index is 0.00402. The molecule has 20 heavy (non-hydrogen) atoms. The summed E-state index contributed by atoms with van der Waals surface area (Å²) in [7, 11) is 0. The quantitative estimate of drug-likeness (QED) is 0.817. The van der Waals surface area contributed by atoms with Gasteiger partial charge in [0.1, 0.15) is 5.82 Å². The molecule has 0 spiro atoms. The van der Waals surface area contributed by atoms with Crippen molar-refractivity contribution in [3.63, 3.8) is 0 Å². The number of halogens is 1. The number of nitrogens with zero attached hydrogens (tertiary/aromatic N) is 2. The van der Waals surface area contributed by atoms with E-state index in [-0.39, 0.29) is 12.0 Å². The highest BCUT2D eigenvalue weighted by molar-refractivity contribution is 14.1. The fourth-order valence-corrected chi connectivity index (χ4v) is 2.29. The fourth-order valence-electron chi connectivity index (χ4n) is 1.86. The van der Waals surface area contributed by atoms with Crippen molar-refractivity contribution in [3.05, 3.63) is 61.3 Å². The lowest BCUT2D eigenvalue weighted by molar-refractivity contribution is -0.136. The van der Waals surface area contributed by atoms with Crippen LogP contribution in [0.25, 0.3) is 0 Å². The van der Waals surface area contributed by atoms with Gasteiger partial charge in [-0.05, 0) is 40.6 Å². The summed E-state index contributed by atoms with van der Waals surface area (Å²) in [4.78, 5) is 26.8. The SMILES string of the molecule is Cc1ncc(I)c(=O)n1Cc1ccc(CC(=O)O)cc1. The van der Waals surface area contributed by atoms with Crippen LogP contribution in [0, 0.1) is 10.5 Å². The van der Waals surface area contributed by atoms with Crippen molar-refractivity contribution >= 4 is 28.6 Å². The maximum Gasteiger partial charge on any atom is 0.307 e. The number of aliphatic carboxylic acids is 1. The van der Waals surface area contributed by atoms with Crippen LogP contribution in [0.3, 0.4) is 0 Å². The van der Waals surface area contributed by atoms with Gasteiger partial charge >= 0.3 is 5.97 Å². The van der Waals surface area contributed by atoms with Crippen LogP contribution in [-0.4, -0.2) is 20.6 Å². The van der Waals surface area contributed by atoms with Crippen LogP contribution in [0.5, 0.6) is 0 Å². The van der Waals surface area contributed by atoms with Crippen LogP contribution in [0.2, 0.25) is 0 Å². The molecule has 0 fully saturated rings. The summed E-state index contributed by atoms with van der Waals surface area (Å²) in [5, 5.41) is 8.72. The second-order valence-corrected chi connectivity index (χ2v) is 5.59. The number of carboxylic acid groups (broad SMARTS) is 1. The van der Waals surface area contributed by atoms with E-state index in [0.717, 1.165) is 11.1 Å². The first-order valence-corrected chi connectivity index (χ1v) is 7.07. The Morgan fingerprint density at radius 3 is 2.50 bits per heavy atom. The predicted molar refractivity (Wildman–Crippen MR) is 82.8 cm³/mol. The molecule has 2 rings (SSSR count). The molecule has 0 bridgehead atoms. The topological polar surface area (TPSA) is 72.2 Å². The Hall–Kier alpha value is -1.70. The highest BCUT2D eigenvalue weighted by Crippen LogP contribution is 2.08. The lowest BCUT2D eigenvalue weighted by Crippen LogP contribution is -2.26. The third-order valence-electron chi connectivity index (χ3n) is 2.92. The number of carboxylic acids is 1. The number of benzene rings is 1. The molecule has 0 atom stereocenters. The maximum atomic E-state index is 12.0. The van der Waals surface area contributed by atoms with Crippen LogP contribution < -0.4 is 5.56 Å². The fraction of sp³-hybridized carbons (Fsp3) is 0.214. The van der Waals surface area contributed by atoms with Crippen LogP contribution in [-0.2, 0) is 17.8 Å². The zero-order chi connectivity index (χ0) is 14.7. The average molecular weight is 384 g/mol. The Bertz CT molecular complexity index is 693. The van der Waals surface area contributed by atoms with Crippen molar-refractivity contribution in [1.29, 1.82) is 0 Å². The number of aryl methyl sites for hydroxylation is 1. The predicted octanol–water partition coefficient (Wildman–Crippen LogP) is 1.83. The van der Waals surface area contributed by atoms with Gasteiger partial charge in [0.05, 0.1) is 16.5 Å². The molecule has 0 amide bonds. The van der Waals surface area contributed by atoms with Crippen molar-refractivity contribution in [2.24, 2.45) is 0 Å². The number of carbonyl (C=O) groups is 1. The minimum atomic E-state index is -0.855. The van der Waals surface area contributed by atoms with E-state index < -0.39 is 5.97 Å². The Labute approximate surface area is 129 Å². The van der Waals surface area contributed by atoms with Crippen molar-refractivity contribution < 1.29 is 9.90 Å². The highest BCUT2D eigenvalue weighted by Gasteiger charge is 2.06. The Kier molecular flexibility index (Phi) is 4.53. The zero-order valence-electron chi connectivity index (χ0n) is 10.8. The van der Waals surface area contributed by atoms with Crippen LogP contribution in [0.15, 0.2) is 35.3 Å². The molecule has 104 valence electrons. The molecule has 0 aliphatic rings. The smallest absolute Gasteiger partial charge is 0.307 e. The Balaban J connectivity index is 2.25. The summed E-state index contributed by atoms with van der Waals surface area (Å²) in [6.45, 7) is 2.22. The highest BCUT2D eigenvalue weighted by atomic mass is 127. The molecule has 1 aromatic carbocycles. The van der Waals surface area contributed by atoms with Gasteiger partial charge in [-0.2, -0.15) is 0 Å². The van der Waals surface area contributed by atoms with E-state index in [1.54, 1.807) is 29.8 Å². The van der Waals surface area contributed by atoms with Gasteiger partial charge in [0, 0.05) is 6.20 Å². The molecule has 0 saturated heterocycles. The van der Waals surface area contributed by atoms with Gasteiger partial charge < -0.3 is 5.11 Å². The zero-order valence-corrected chi connectivity index (χ0v) is 13.0. The Morgan fingerprint density at radius 1 is 1.30 bits per heavy atom. The van der Waals surface area contributed by atoms with Gasteiger partial charge in [0.25, 0.3) is 5.56 Å². The first kappa shape index (κ1) is 14.7. The third-order valence-corrected chi connectivity index (χ3v) is 3.66. The standard InChI is InChI=1S/C14H13IN2O3/c1-9-16-7-12(15)14(20)17(9)8-11-4-2-10(3-5-11)6-13(18)19/h2-5,7H,6,8H2,1H3,(H,18,19). The summed E-state index contributed by atoms with van der Waals surface area (Å²) < 4.78 is 2.18. The molecule has 0 unspecified atom stereocenters. The van der Waals surface area contributed by atoms with Gasteiger partial charge in [-0.1, -0.05) is 24.3 Å². The normalized spacial score (nSPS) is 10.5. The van der Waals surface area contributed by atoms with E-state index >= 15 is 0 Å². The molecule has 0 radical (unpaired) electrons. The molecule has 1 heterocycles. The molecule has 6 heteroatoms. The van der Waals surface area contributed by atoms with Gasteiger partial charge in [-0.3, -0.25) is 14.2 Å². The lowest BCUT2D eigenvalue weighted by atomic mass is 10.1. The molecule has 0 aliphatic carbocycles. The second kappa shape index (κ2) is 6.17. The summed E-state index contributed by atoms with van der Waals surface area (Å²) in [5.74, 6) is -0.198. The number of aromatic nitrogens is 2. The van der Waals surface area contributed by atoms with Crippen molar-refractivity contribution in [2.45, 2.75) is 19.9 Å². The van der Waals surface area contributed by atoms with Gasteiger partial charge in [-0.15, -0.1) is 0 Å². The van der Waals surface area contributed by atoms with Gasteiger partial charge in [0.15, 0.2) is 0 Å². The number of hydrogen-bond donors (Lipinski definition) is 1.